The molecule has 1 aromatic heterocycles. The predicted molar refractivity (Wildman–Crippen MR) is 123 cm³/mol. The summed E-state index contributed by atoms with van der Waals surface area (Å²) in [5.41, 5.74) is 4.00. The molecule has 0 saturated heterocycles. The molecule has 0 unspecified atom stereocenters. The van der Waals surface area contributed by atoms with Crippen LogP contribution >= 0.6 is 15.9 Å². The van der Waals surface area contributed by atoms with E-state index in [-0.39, 0.29) is 12.4 Å². The van der Waals surface area contributed by atoms with E-state index in [9.17, 15) is 9.18 Å². The molecule has 4 aromatic rings. The quantitative estimate of drug-likeness (QED) is 0.312. The number of benzene rings is 3. The molecule has 0 radical (unpaired) electrons. The highest BCUT2D eigenvalue weighted by atomic mass is 79.9. The number of anilines is 2. The average molecular weight is 483 g/mol. The molecule has 8 heteroatoms. The molecule has 6 nitrogen and oxygen atoms in total. The molecule has 0 spiro atoms. The summed E-state index contributed by atoms with van der Waals surface area (Å²) in [7, 11) is 0. The van der Waals surface area contributed by atoms with Gasteiger partial charge in [-0.1, -0.05) is 39.7 Å². The Balaban J connectivity index is 1.48. The largest absolute Gasteiger partial charge is 0.489 e. The van der Waals surface area contributed by atoms with Gasteiger partial charge in [0.05, 0.1) is 5.52 Å². The van der Waals surface area contributed by atoms with Gasteiger partial charge in [0, 0.05) is 21.1 Å². The number of H-pyrrole nitrogens is 1. The Hall–Kier alpha value is -3.39. The van der Waals surface area contributed by atoms with E-state index in [0.29, 0.717) is 27.0 Å². The number of amides is 2. The number of hydrogen-bond donors (Lipinski definition) is 3. The minimum Gasteiger partial charge on any atom is -0.489 e. The van der Waals surface area contributed by atoms with Crippen LogP contribution in [0.3, 0.4) is 0 Å². The molecule has 1 heterocycles. The van der Waals surface area contributed by atoms with E-state index in [1.807, 2.05) is 32.0 Å². The van der Waals surface area contributed by atoms with Crippen molar-refractivity contribution in [2.45, 2.75) is 20.5 Å². The summed E-state index contributed by atoms with van der Waals surface area (Å²) in [6, 6.07) is 15.5. The summed E-state index contributed by atoms with van der Waals surface area (Å²) in [5, 5.41) is 13.3. The maximum atomic E-state index is 14.0. The van der Waals surface area contributed by atoms with Crippen LogP contribution in [-0.4, -0.2) is 16.2 Å². The third-order valence-corrected chi connectivity index (χ3v) is 5.30. The average Bonchev–Trinajstić information content (AvgIpc) is 3.11. The molecule has 2 amide bonds. The van der Waals surface area contributed by atoms with Crippen LogP contribution in [0.15, 0.2) is 59.1 Å². The first-order valence-corrected chi connectivity index (χ1v) is 10.4. The van der Waals surface area contributed by atoms with E-state index >= 15 is 0 Å². The van der Waals surface area contributed by atoms with Crippen molar-refractivity contribution in [1.82, 2.24) is 10.2 Å². The van der Waals surface area contributed by atoms with Crippen molar-refractivity contribution < 1.29 is 13.9 Å². The van der Waals surface area contributed by atoms with Crippen molar-refractivity contribution >= 4 is 44.4 Å². The third-order valence-electron chi connectivity index (χ3n) is 4.81. The fraction of sp³-hybridized carbons (Fsp3) is 0.130. The monoisotopic (exact) mass is 482 g/mol. The molecule has 0 aliphatic carbocycles. The van der Waals surface area contributed by atoms with Crippen LogP contribution < -0.4 is 15.4 Å². The summed E-state index contributed by atoms with van der Waals surface area (Å²) in [4.78, 5) is 12.5. The van der Waals surface area contributed by atoms with Gasteiger partial charge in [-0.25, -0.2) is 9.18 Å². The zero-order valence-electron chi connectivity index (χ0n) is 16.9. The maximum absolute atomic E-state index is 14.0. The molecule has 0 bridgehead atoms. The molecule has 0 aliphatic heterocycles. The molecule has 0 saturated carbocycles. The van der Waals surface area contributed by atoms with Gasteiger partial charge in [-0.2, -0.15) is 5.10 Å². The number of fused-ring (bicyclic) bond motifs is 1. The van der Waals surface area contributed by atoms with Crippen molar-refractivity contribution in [3.8, 4) is 5.75 Å². The standard InChI is InChI=1S/C23H20BrFN4O2/c1-13-3-7-20(14(2)9-13)26-23(30)27-22-18-11-17(6-8-21(18)28-29-22)31-12-15-4-5-16(24)10-19(15)25/h3-11H,12H2,1-2H3,(H3,26,27,28,29,30). The fourth-order valence-electron chi connectivity index (χ4n) is 3.19. The number of carbonyl (C=O) groups excluding carboxylic acids is 1. The SMILES string of the molecule is Cc1ccc(NC(=O)Nc2n[nH]c3ccc(OCc4ccc(Br)cc4F)cc23)c(C)c1. The van der Waals surface area contributed by atoms with Crippen LogP contribution in [0.2, 0.25) is 0 Å². The normalized spacial score (nSPS) is 10.8. The molecule has 158 valence electrons. The van der Waals surface area contributed by atoms with Gasteiger partial charge in [0.1, 0.15) is 18.2 Å². The second-order valence-electron chi connectivity index (χ2n) is 7.20. The summed E-state index contributed by atoms with van der Waals surface area (Å²) < 4.78 is 20.4. The maximum Gasteiger partial charge on any atom is 0.324 e. The van der Waals surface area contributed by atoms with Gasteiger partial charge in [0.15, 0.2) is 5.82 Å². The second kappa shape index (κ2) is 8.77. The number of ether oxygens (including phenoxy) is 1. The van der Waals surface area contributed by atoms with E-state index in [1.165, 1.54) is 6.07 Å². The third kappa shape index (κ3) is 4.86. The van der Waals surface area contributed by atoms with Gasteiger partial charge >= 0.3 is 6.03 Å². The molecule has 3 N–H and O–H groups in total. The van der Waals surface area contributed by atoms with Crippen LogP contribution in [0, 0.1) is 19.7 Å². The van der Waals surface area contributed by atoms with Crippen LogP contribution in [0.4, 0.5) is 20.7 Å². The van der Waals surface area contributed by atoms with Crippen molar-refractivity contribution in [2.75, 3.05) is 10.6 Å². The molecule has 0 atom stereocenters. The van der Waals surface area contributed by atoms with Gasteiger partial charge in [-0.05, 0) is 55.8 Å². The van der Waals surface area contributed by atoms with Crippen molar-refractivity contribution in [3.05, 3.63) is 81.6 Å². The molecule has 3 aromatic carbocycles. The first kappa shape index (κ1) is 20.9. The highest BCUT2D eigenvalue weighted by molar-refractivity contribution is 9.10. The number of rotatable bonds is 5. The Bertz CT molecular complexity index is 1270. The van der Waals surface area contributed by atoms with E-state index in [2.05, 4.69) is 36.8 Å². The minimum absolute atomic E-state index is 0.0818. The van der Waals surface area contributed by atoms with Crippen molar-refractivity contribution in [2.24, 2.45) is 0 Å². The number of halogens is 2. The zero-order chi connectivity index (χ0) is 22.0. The number of aryl methyl sites for hydroxylation is 2. The lowest BCUT2D eigenvalue weighted by atomic mass is 10.1. The van der Waals surface area contributed by atoms with E-state index in [1.54, 1.807) is 30.3 Å². The zero-order valence-corrected chi connectivity index (χ0v) is 18.5. The molecule has 4 rings (SSSR count). The molecular formula is C23H20BrFN4O2. The Kier molecular flexibility index (Phi) is 5.90. The van der Waals surface area contributed by atoms with Gasteiger partial charge in [0.2, 0.25) is 0 Å². The number of urea groups is 1. The number of carbonyl (C=O) groups is 1. The first-order valence-electron chi connectivity index (χ1n) is 9.59. The fourth-order valence-corrected chi connectivity index (χ4v) is 3.53. The van der Waals surface area contributed by atoms with Gasteiger partial charge in [-0.15, -0.1) is 0 Å². The number of aromatic amines is 1. The van der Waals surface area contributed by atoms with Crippen LogP contribution in [-0.2, 0) is 6.61 Å². The minimum atomic E-state index is -0.399. The lowest BCUT2D eigenvalue weighted by molar-refractivity contribution is 0.262. The number of nitrogens with one attached hydrogen (secondary N) is 3. The lowest BCUT2D eigenvalue weighted by Crippen LogP contribution is -2.20. The molecular weight excluding hydrogens is 463 g/mol. The van der Waals surface area contributed by atoms with Crippen LogP contribution in [0.1, 0.15) is 16.7 Å². The van der Waals surface area contributed by atoms with Gasteiger partial charge in [-0.3, -0.25) is 10.4 Å². The van der Waals surface area contributed by atoms with E-state index in [4.69, 9.17) is 4.74 Å². The lowest BCUT2D eigenvalue weighted by Gasteiger charge is -2.10. The van der Waals surface area contributed by atoms with E-state index < -0.39 is 6.03 Å². The Labute approximate surface area is 186 Å². The molecule has 0 fully saturated rings. The summed E-state index contributed by atoms with van der Waals surface area (Å²) >= 11 is 3.24. The smallest absolute Gasteiger partial charge is 0.324 e. The summed E-state index contributed by atoms with van der Waals surface area (Å²) in [5.74, 6) is 0.566. The predicted octanol–water partition coefficient (Wildman–Crippen LogP) is 6.30. The van der Waals surface area contributed by atoms with E-state index in [0.717, 1.165) is 22.3 Å². The molecule has 31 heavy (non-hydrogen) atoms. The van der Waals surface area contributed by atoms with Crippen LogP contribution in [0.5, 0.6) is 5.75 Å². The number of aromatic nitrogens is 2. The number of hydrogen-bond acceptors (Lipinski definition) is 3. The van der Waals surface area contributed by atoms with Crippen LogP contribution in [0.25, 0.3) is 10.9 Å². The topological polar surface area (TPSA) is 79.0 Å². The number of nitrogens with zero attached hydrogens (tertiary/aromatic N) is 1. The Morgan fingerprint density at radius 1 is 1.10 bits per heavy atom. The summed E-state index contributed by atoms with van der Waals surface area (Å²) in [6.45, 7) is 4.01. The van der Waals surface area contributed by atoms with Crippen molar-refractivity contribution in [1.29, 1.82) is 0 Å². The Morgan fingerprint density at radius 3 is 2.71 bits per heavy atom. The first-order chi connectivity index (χ1) is 14.9. The second-order valence-corrected chi connectivity index (χ2v) is 8.12. The van der Waals surface area contributed by atoms with Gasteiger partial charge in [0.25, 0.3) is 0 Å². The van der Waals surface area contributed by atoms with Crippen molar-refractivity contribution in [3.63, 3.8) is 0 Å². The Morgan fingerprint density at radius 2 is 1.94 bits per heavy atom. The summed E-state index contributed by atoms with van der Waals surface area (Å²) in [6.07, 6.45) is 0. The highest BCUT2D eigenvalue weighted by Gasteiger charge is 2.12. The highest BCUT2D eigenvalue weighted by Crippen LogP contribution is 2.27. The molecule has 0 aliphatic rings. The van der Waals surface area contributed by atoms with Gasteiger partial charge < -0.3 is 10.1 Å².